The number of aliphatic hydroxyl groups excluding tert-OH is 1. The Balaban J connectivity index is 2.37. The van der Waals surface area contributed by atoms with Crippen LogP contribution in [0.4, 0.5) is 0 Å². The Morgan fingerprint density at radius 1 is 1.50 bits per heavy atom. The quantitative estimate of drug-likeness (QED) is 0.595. The molecule has 0 radical (unpaired) electrons. The summed E-state index contributed by atoms with van der Waals surface area (Å²) in [6, 6.07) is 0. The lowest BCUT2D eigenvalue weighted by Gasteiger charge is -1.99. The first-order valence-corrected chi connectivity index (χ1v) is 4.26. The molecule has 0 amide bonds. The summed E-state index contributed by atoms with van der Waals surface area (Å²) in [4.78, 5) is 0. The summed E-state index contributed by atoms with van der Waals surface area (Å²) < 4.78 is 0. The van der Waals surface area contributed by atoms with Gasteiger partial charge in [-0.15, -0.1) is 0 Å². The molecule has 0 aliphatic heterocycles. The van der Waals surface area contributed by atoms with Crippen molar-refractivity contribution in [2.75, 3.05) is 13.2 Å². The van der Waals surface area contributed by atoms with Gasteiger partial charge < -0.3 is 10.2 Å². The molecule has 3 atom stereocenters. The molecule has 60 valence electrons. The van der Waals surface area contributed by atoms with Gasteiger partial charge in [0, 0.05) is 13.2 Å². The summed E-state index contributed by atoms with van der Waals surface area (Å²) >= 11 is 0. The standard InChI is InChI=1S/C7H16NOP/c1-7(2)5(3-8-10)6(7)4-9/h5-6,8-9H,3-4,10H2,1-2H3/t5-,6?/m0/s1. The summed E-state index contributed by atoms with van der Waals surface area (Å²) in [5.41, 5.74) is 0.359. The van der Waals surface area contributed by atoms with E-state index in [4.69, 9.17) is 5.11 Å². The Bertz CT molecular complexity index is 127. The van der Waals surface area contributed by atoms with Crippen LogP contribution in [0.1, 0.15) is 13.8 Å². The molecule has 0 saturated heterocycles. The molecule has 1 rings (SSSR count). The van der Waals surface area contributed by atoms with Gasteiger partial charge in [-0.3, -0.25) is 0 Å². The molecule has 0 bridgehead atoms. The summed E-state index contributed by atoms with van der Waals surface area (Å²) in [7, 11) is 2.50. The van der Waals surface area contributed by atoms with E-state index in [1.54, 1.807) is 0 Å². The van der Waals surface area contributed by atoms with Crippen LogP contribution in [0.5, 0.6) is 0 Å². The van der Waals surface area contributed by atoms with Crippen LogP contribution in [0.25, 0.3) is 0 Å². The van der Waals surface area contributed by atoms with Crippen LogP contribution < -0.4 is 5.09 Å². The molecule has 1 saturated carbocycles. The zero-order chi connectivity index (χ0) is 7.78. The van der Waals surface area contributed by atoms with Crippen molar-refractivity contribution >= 4 is 9.39 Å². The van der Waals surface area contributed by atoms with Gasteiger partial charge in [0.1, 0.15) is 0 Å². The molecule has 2 unspecified atom stereocenters. The van der Waals surface area contributed by atoms with Gasteiger partial charge in [-0.25, -0.2) is 0 Å². The van der Waals surface area contributed by atoms with Gasteiger partial charge in [0.25, 0.3) is 0 Å². The highest BCUT2D eigenvalue weighted by Gasteiger charge is 2.56. The zero-order valence-corrected chi connectivity index (χ0v) is 7.75. The fraction of sp³-hybridized carbons (Fsp3) is 1.00. The summed E-state index contributed by atoms with van der Waals surface area (Å²) in [6.45, 7) is 5.76. The molecule has 1 fully saturated rings. The lowest BCUT2D eigenvalue weighted by Crippen LogP contribution is -2.06. The summed E-state index contributed by atoms with van der Waals surface area (Å²) in [5, 5.41) is 12.0. The normalized spacial score (nSPS) is 36.0. The maximum atomic E-state index is 8.90. The third kappa shape index (κ3) is 1.20. The van der Waals surface area contributed by atoms with E-state index in [0.29, 0.717) is 23.9 Å². The topological polar surface area (TPSA) is 32.3 Å². The van der Waals surface area contributed by atoms with E-state index in [1.165, 1.54) is 0 Å². The Kier molecular flexibility index (Phi) is 2.34. The van der Waals surface area contributed by atoms with Gasteiger partial charge >= 0.3 is 0 Å². The Morgan fingerprint density at radius 2 is 2.10 bits per heavy atom. The number of hydrogen-bond acceptors (Lipinski definition) is 2. The van der Waals surface area contributed by atoms with Gasteiger partial charge in [0.05, 0.1) is 0 Å². The average molecular weight is 161 g/mol. The molecule has 1 aliphatic rings. The van der Waals surface area contributed by atoms with Crippen LogP contribution in [0.3, 0.4) is 0 Å². The molecule has 0 aromatic rings. The first-order chi connectivity index (χ1) is 4.64. The Morgan fingerprint density at radius 3 is 2.40 bits per heavy atom. The van der Waals surface area contributed by atoms with Crippen LogP contribution in [0.15, 0.2) is 0 Å². The number of hydrogen-bond donors (Lipinski definition) is 2. The Labute approximate surface area is 64.7 Å². The van der Waals surface area contributed by atoms with Crippen molar-refractivity contribution in [2.24, 2.45) is 17.3 Å². The van der Waals surface area contributed by atoms with Gasteiger partial charge in [-0.1, -0.05) is 23.2 Å². The van der Waals surface area contributed by atoms with Crippen LogP contribution in [0.2, 0.25) is 0 Å². The first kappa shape index (κ1) is 8.45. The second-order valence-corrected chi connectivity index (χ2v) is 4.03. The number of nitrogens with one attached hydrogen (secondary N) is 1. The van der Waals surface area contributed by atoms with E-state index >= 15 is 0 Å². The highest BCUT2D eigenvalue weighted by atomic mass is 31.0. The van der Waals surface area contributed by atoms with Crippen molar-refractivity contribution in [1.82, 2.24) is 5.09 Å². The molecule has 10 heavy (non-hydrogen) atoms. The van der Waals surface area contributed by atoms with Gasteiger partial charge in [0.2, 0.25) is 0 Å². The molecule has 0 spiro atoms. The fourth-order valence-corrected chi connectivity index (χ4v) is 2.01. The molecule has 0 aromatic heterocycles. The van der Waals surface area contributed by atoms with Gasteiger partial charge in [-0.05, 0) is 17.3 Å². The first-order valence-electron chi connectivity index (χ1n) is 3.69. The van der Waals surface area contributed by atoms with Crippen LogP contribution in [-0.2, 0) is 0 Å². The fourth-order valence-electron chi connectivity index (χ4n) is 1.75. The van der Waals surface area contributed by atoms with Crippen molar-refractivity contribution in [1.29, 1.82) is 0 Å². The SMILES string of the molecule is CC1(C)C(CO)[C@@H]1CNP. The second kappa shape index (κ2) is 2.77. The van der Waals surface area contributed by atoms with Crippen molar-refractivity contribution in [3.05, 3.63) is 0 Å². The summed E-state index contributed by atoms with van der Waals surface area (Å²) in [6.07, 6.45) is 0. The van der Waals surface area contributed by atoms with E-state index in [0.717, 1.165) is 6.54 Å². The lowest BCUT2D eigenvalue weighted by molar-refractivity contribution is 0.255. The number of rotatable bonds is 3. The van der Waals surface area contributed by atoms with E-state index in [2.05, 4.69) is 28.3 Å². The Hall–Kier alpha value is 0.350. The van der Waals surface area contributed by atoms with E-state index < -0.39 is 0 Å². The monoisotopic (exact) mass is 161 g/mol. The molecular weight excluding hydrogens is 145 g/mol. The smallest absolute Gasteiger partial charge is 0.0467 e. The van der Waals surface area contributed by atoms with Crippen molar-refractivity contribution in [3.63, 3.8) is 0 Å². The molecule has 0 heterocycles. The van der Waals surface area contributed by atoms with E-state index in [1.807, 2.05) is 0 Å². The second-order valence-electron chi connectivity index (χ2n) is 3.63. The van der Waals surface area contributed by atoms with Gasteiger partial charge in [0.15, 0.2) is 0 Å². The predicted octanol–water partition coefficient (Wildman–Crippen LogP) is 0.631. The highest BCUT2D eigenvalue weighted by Crippen LogP contribution is 2.57. The minimum absolute atomic E-state index is 0.337. The molecule has 1 aliphatic carbocycles. The zero-order valence-electron chi connectivity index (χ0n) is 6.59. The largest absolute Gasteiger partial charge is 0.396 e. The maximum absolute atomic E-state index is 8.90. The molecule has 3 heteroatoms. The minimum Gasteiger partial charge on any atom is -0.396 e. The van der Waals surface area contributed by atoms with E-state index in [-0.39, 0.29) is 0 Å². The van der Waals surface area contributed by atoms with Crippen LogP contribution in [0, 0.1) is 17.3 Å². The van der Waals surface area contributed by atoms with Crippen LogP contribution >= 0.6 is 9.39 Å². The molecule has 0 aromatic carbocycles. The van der Waals surface area contributed by atoms with Crippen LogP contribution in [-0.4, -0.2) is 18.3 Å². The van der Waals surface area contributed by atoms with Crippen molar-refractivity contribution in [2.45, 2.75) is 13.8 Å². The van der Waals surface area contributed by atoms with Gasteiger partial charge in [-0.2, -0.15) is 0 Å². The lowest BCUT2D eigenvalue weighted by atomic mass is 10.1. The maximum Gasteiger partial charge on any atom is 0.0467 e. The number of aliphatic hydroxyl groups is 1. The third-order valence-electron chi connectivity index (χ3n) is 2.82. The minimum atomic E-state index is 0.337. The van der Waals surface area contributed by atoms with Crippen molar-refractivity contribution in [3.8, 4) is 0 Å². The molecular formula is C7H16NOP. The summed E-state index contributed by atoms with van der Waals surface area (Å²) in [5.74, 6) is 1.18. The molecule has 2 N–H and O–H groups in total. The average Bonchev–Trinajstić information content (AvgIpc) is 2.36. The highest BCUT2D eigenvalue weighted by molar-refractivity contribution is 7.13. The van der Waals surface area contributed by atoms with E-state index in [9.17, 15) is 0 Å². The molecule has 2 nitrogen and oxygen atoms in total. The van der Waals surface area contributed by atoms with Crippen molar-refractivity contribution < 1.29 is 5.11 Å². The third-order valence-corrected chi connectivity index (χ3v) is 3.06. The predicted molar refractivity (Wildman–Crippen MR) is 45.6 cm³/mol.